The number of allylic oxidation sites excluding steroid dienone is 1. The van der Waals surface area contributed by atoms with E-state index < -0.39 is 12.0 Å². The quantitative estimate of drug-likeness (QED) is 0.239. The van der Waals surface area contributed by atoms with E-state index in [-0.39, 0.29) is 30.5 Å². The molecule has 0 unspecified atom stereocenters. The smallest absolute Gasteiger partial charge is 0.338 e. The first kappa shape index (κ1) is 30.4. The molecule has 0 saturated carbocycles. The maximum Gasteiger partial charge on any atom is 0.338 e. The van der Waals surface area contributed by atoms with Crippen LogP contribution in [0.2, 0.25) is 5.02 Å². The van der Waals surface area contributed by atoms with Gasteiger partial charge in [0, 0.05) is 23.3 Å². The summed E-state index contributed by atoms with van der Waals surface area (Å²) < 4.78 is 30.0. The molecule has 0 aliphatic carbocycles. The summed E-state index contributed by atoms with van der Waals surface area (Å²) >= 11 is 7.51. The summed E-state index contributed by atoms with van der Waals surface area (Å²) in [5.41, 5.74) is 1.54. The van der Waals surface area contributed by atoms with E-state index in [0.29, 0.717) is 55.0 Å². The van der Waals surface area contributed by atoms with Gasteiger partial charge in [0.15, 0.2) is 16.3 Å². The number of fused-ring (bicyclic) bond motifs is 1. The van der Waals surface area contributed by atoms with Crippen molar-refractivity contribution in [1.29, 1.82) is 0 Å². The number of para-hydroxylation sites is 1. The lowest BCUT2D eigenvalue weighted by atomic mass is 9.94. The Morgan fingerprint density at radius 2 is 1.95 bits per heavy atom. The minimum Gasteiger partial charge on any atom is -0.493 e. The topological polar surface area (TPSA) is 97.6 Å². The average Bonchev–Trinajstić information content (AvgIpc) is 3.23. The second kappa shape index (κ2) is 13.4. The van der Waals surface area contributed by atoms with Crippen molar-refractivity contribution in [2.45, 2.75) is 39.8 Å². The van der Waals surface area contributed by atoms with Crippen molar-refractivity contribution in [1.82, 2.24) is 4.57 Å². The number of carbonyl (C=O) groups is 1. The number of methoxy groups -OCH3 is 2. The van der Waals surface area contributed by atoms with Gasteiger partial charge in [0.25, 0.3) is 5.56 Å². The predicted molar refractivity (Wildman–Crippen MR) is 158 cm³/mol. The second-order valence-electron chi connectivity index (χ2n) is 9.37. The number of hydrogen-bond acceptors (Lipinski definition) is 9. The highest BCUT2D eigenvalue weighted by molar-refractivity contribution is 7.07. The molecule has 2 aromatic carbocycles. The van der Waals surface area contributed by atoms with Crippen LogP contribution in [0.15, 0.2) is 57.5 Å². The first-order valence-electron chi connectivity index (χ1n) is 13.1. The van der Waals surface area contributed by atoms with Crippen LogP contribution in [0.1, 0.15) is 44.9 Å². The monoisotopic (exact) mass is 600 g/mol. The Kier molecular flexibility index (Phi) is 9.90. The van der Waals surface area contributed by atoms with Crippen LogP contribution in [-0.4, -0.2) is 50.7 Å². The van der Waals surface area contributed by atoms with E-state index in [1.54, 1.807) is 43.3 Å². The Labute approximate surface area is 247 Å². The van der Waals surface area contributed by atoms with Gasteiger partial charge in [-0.3, -0.25) is 9.36 Å². The van der Waals surface area contributed by atoms with E-state index in [4.69, 9.17) is 35.3 Å². The second-order valence-corrected chi connectivity index (χ2v) is 10.8. The predicted octanol–water partition coefficient (Wildman–Crippen LogP) is 4.27. The summed E-state index contributed by atoms with van der Waals surface area (Å²) in [7, 11) is 3.06. The number of halogens is 1. The lowest BCUT2D eigenvalue weighted by Gasteiger charge is -2.27. The summed E-state index contributed by atoms with van der Waals surface area (Å²) in [6.45, 7) is 8.05. The zero-order valence-corrected chi connectivity index (χ0v) is 25.4. The van der Waals surface area contributed by atoms with Crippen LogP contribution in [0.4, 0.5) is 0 Å². The normalized spacial score (nSPS) is 15.0. The number of benzene rings is 2. The Hall–Kier alpha value is -3.60. The van der Waals surface area contributed by atoms with Gasteiger partial charge in [-0.25, -0.2) is 9.79 Å². The number of rotatable bonds is 11. The molecule has 1 aliphatic heterocycles. The van der Waals surface area contributed by atoms with E-state index >= 15 is 0 Å². The highest BCUT2D eigenvalue weighted by atomic mass is 35.5. The largest absolute Gasteiger partial charge is 0.493 e. The molecule has 1 aromatic heterocycles. The molecule has 0 spiro atoms. The summed E-state index contributed by atoms with van der Waals surface area (Å²) in [6.07, 6.45) is 1.65. The van der Waals surface area contributed by atoms with Crippen LogP contribution < -0.4 is 29.1 Å². The fourth-order valence-corrected chi connectivity index (χ4v) is 5.73. The molecule has 0 bridgehead atoms. The molecule has 0 N–H and O–H groups in total. The standard InChI is InChI=1S/C30H33ClN2O7S/c1-7-38-27-21(9-8-10-23(27)37-6)26-25(29(35)39-14-13-36-5)18(4)32-30-33(26)28(34)24(41-30)16-19-15-20(31)11-12-22(19)40-17(2)3/h8-12,15-17,26H,7,13-14H2,1-6H3/b24-16+/t26-/m1/s1. The van der Waals surface area contributed by atoms with Gasteiger partial charge in [-0.2, -0.15) is 0 Å². The first-order chi connectivity index (χ1) is 19.7. The van der Waals surface area contributed by atoms with Crippen molar-refractivity contribution in [3.63, 3.8) is 0 Å². The first-order valence-corrected chi connectivity index (χ1v) is 14.3. The molecule has 0 amide bonds. The minimum atomic E-state index is -0.883. The number of ether oxygens (including phenoxy) is 5. The molecule has 0 radical (unpaired) electrons. The molecule has 2 heterocycles. The lowest BCUT2D eigenvalue weighted by Crippen LogP contribution is -2.40. The third-order valence-electron chi connectivity index (χ3n) is 6.20. The third-order valence-corrected chi connectivity index (χ3v) is 7.41. The Morgan fingerprint density at radius 1 is 1.17 bits per heavy atom. The van der Waals surface area contributed by atoms with Crippen molar-refractivity contribution in [3.8, 4) is 17.2 Å². The molecule has 3 aromatic rings. The van der Waals surface area contributed by atoms with Gasteiger partial charge in [-0.05, 0) is 58.0 Å². The molecule has 11 heteroatoms. The van der Waals surface area contributed by atoms with Crippen LogP contribution >= 0.6 is 22.9 Å². The maximum absolute atomic E-state index is 14.1. The fraction of sp³-hybridized carbons (Fsp3) is 0.367. The molecule has 41 heavy (non-hydrogen) atoms. The molecular formula is C30H33ClN2O7S. The lowest BCUT2D eigenvalue weighted by molar-refractivity contribution is -0.140. The maximum atomic E-state index is 14.1. The van der Waals surface area contributed by atoms with Gasteiger partial charge >= 0.3 is 5.97 Å². The fourth-order valence-electron chi connectivity index (χ4n) is 4.51. The van der Waals surface area contributed by atoms with E-state index in [1.165, 1.54) is 30.1 Å². The van der Waals surface area contributed by atoms with Crippen molar-refractivity contribution in [2.24, 2.45) is 4.99 Å². The zero-order valence-electron chi connectivity index (χ0n) is 23.9. The zero-order chi connectivity index (χ0) is 29.7. The van der Waals surface area contributed by atoms with Crippen molar-refractivity contribution in [2.75, 3.05) is 34.0 Å². The number of esters is 1. The van der Waals surface area contributed by atoms with Gasteiger partial charge < -0.3 is 23.7 Å². The van der Waals surface area contributed by atoms with Gasteiger partial charge in [0.05, 0.1) is 42.2 Å². The molecule has 1 aliphatic rings. The van der Waals surface area contributed by atoms with E-state index in [1.807, 2.05) is 26.8 Å². The van der Waals surface area contributed by atoms with Crippen molar-refractivity contribution in [3.05, 3.63) is 83.5 Å². The summed E-state index contributed by atoms with van der Waals surface area (Å²) in [6, 6.07) is 9.73. The summed E-state index contributed by atoms with van der Waals surface area (Å²) in [5, 5.41) is 0.507. The minimum absolute atomic E-state index is 0.0487. The van der Waals surface area contributed by atoms with Crippen LogP contribution in [0, 0.1) is 0 Å². The Balaban J connectivity index is 1.98. The molecule has 9 nitrogen and oxygen atoms in total. The van der Waals surface area contributed by atoms with Crippen molar-refractivity contribution >= 4 is 35.0 Å². The van der Waals surface area contributed by atoms with Crippen LogP contribution in [0.3, 0.4) is 0 Å². The van der Waals surface area contributed by atoms with E-state index in [2.05, 4.69) is 4.99 Å². The molecular weight excluding hydrogens is 568 g/mol. The van der Waals surface area contributed by atoms with Gasteiger partial charge in [0.2, 0.25) is 0 Å². The Bertz CT molecular complexity index is 1640. The molecule has 0 fully saturated rings. The van der Waals surface area contributed by atoms with Crippen LogP contribution in [0.25, 0.3) is 6.08 Å². The van der Waals surface area contributed by atoms with E-state index in [9.17, 15) is 9.59 Å². The third kappa shape index (κ3) is 6.50. The number of aromatic nitrogens is 1. The summed E-state index contributed by atoms with van der Waals surface area (Å²) in [4.78, 5) is 32.7. The number of carbonyl (C=O) groups excluding carboxylic acids is 1. The highest BCUT2D eigenvalue weighted by Crippen LogP contribution is 2.40. The number of thiazole rings is 1. The Morgan fingerprint density at radius 3 is 2.63 bits per heavy atom. The number of hydrogen-bond donors (Lipinski definition) is 0. The van der Waals surface area contributed by atoms with Crippen LogP contribution in [0.5, 0.6) is 17.2 Å². The molecule has 0 saturated heterocycles. The molecule has 218 valence electrons. The number of nitrogens with zero attached hydrogens (tertiary/aromatic N) is 2. The molecule has 1 atom stereocenters. The van der Waals surface area contributed by atoms with Gasteiger partial charge in [0.1, 0.15) is 18.4 Å². The molecule has 4 rings (SSSR count). The van der Waals surface area contributed by atoms with Gasteiger partial charge in [-0.1, -0.05) is 35.1 Å². The van der Waals surface area contributed by atoms with Gasteiger partial charge in [-0.15, -0.1) is 0 Å². The van der Waals surface area contributed by atoms with Crippen LogP contribution in [-0.2, 0) is 14.3 Å². The average molecular weight is 601 g/mol. The summed E-state index contributed by atoms with van der Waals surface area (Å²) in [5.74, 6) is 0.895. The SMILES string of the molecule is CCOc1c(OC)cccc1[C@@H]1C(C(=O)OCCOC)=C(C)N=c2s/c(=C/c3cc(Cl)ccc3OC(C)C)c(=O)n21. The van der Waals surface area contributed by atoms with Crippen molar-refractivity contribution < 1.29 is 28.5 Å². The highest BCUT2D eigenvalue weighted by Gasteiger charge is 2.36. The van der Waals surface area contributed by atoms with E-state index in [0.717, 1.165) is 0 Å².